The van der Waals surface area contributed by atoms with Gasteiger partial charge in [-0.2, -0.15) is 0 Å². The summed E-state index contributed by atoms with van der Waals surface area (Å²) in [6, 6.07) is 60.4. The summed E-state index contributed by atoms with van der Waals surface area (Å²) in [6.45, 7) is 21.0. The third-order valence-electron chi connectivity index (χ3n) is 14.8. The third-order valence-corrected chi connectivity index (χ3v) is 14.8. The van der Waals surface area contributed by atoms with Gasteiger partial charge in [-0.25, -0.2) is 0 Å². The quantitative estimate of drug-likeness (QED) is 0.160. The van der Waals surface area contributed by atoms with Crippen LogP contribution >= 0.6 is 0 Å². The second kappa shape index (κ2) is 14.0. The van der Waals surface area contributed by atoms with Crippen molar-refractivity contribution in [3.05, 3.63) is 174 Å². The predicted molar refractivity (Wildman–Crippen MR) is 284 cm³/mol. The maximum absolute atomic E-state index is 6.66. The van der Waals surface area contributed by atoms with Gasteiger partial charge in [0.1, 0.15) is 5.75 Å². The highest BCUT2D eigenvalue weighted by Crippen LogP contribution is 2.65. The molecule has 10 aromatic carbocycles. The van der Waals surface area contributed by atoms with E-state index in [1.165, 1.54) is 138 Å². The molecule has 0 unspecified atom stereocenters. The van der Waals surface area contributed by atoms with Gasteiger partial charge in [0.25, 0.3) is 0 Å². The van der Waals surface area contributed by atoms with Crippen LogP contribution in [0.2, 0.25) is 0 Å². The van der Waals surface area contributed by atoms with Crippen LogP contribution in [0.3, 0.4) is 0 Å². The molecule has 1 heteroatoms. The zero-order valence-corrected chi connectivity index (χ0v) is 39.9. The summed E-state index contributed by atoms with van der Waals surface area (Å²) >= 11 is 0. The van der Waals surface area contributed by atoms with Gasteiger partial charge in [0.2, 0.25) is 0 Å². The first-order valence-electron chi connectivity index (χ1n) is 23.7. The second-order valence-corrected chi connectivity index (χ2v) is 22.1. The minimum Gasteiger partial charge on any atom is -0.496 e. The number of ether oxygens (including phenoxy) is 1. The van der Waals surface area contributed by atoms with E-state index in [2.05, 4.69) is 220 Å². The lowest BCUT2D eigenvalue weighted by Gasteiger charge is -2.27. The molecule has 12 rings (SSSR count). The number of rotatable bonds is 4. The van der Waals surface area contributed by atoms with Gasteiger partial charge in [0, 0.05) is 10.9 Å². The molecule has 0 atom stereocenters. The van der Waals surface area contributed by atoms with Gasteiger partial charge in [-0.15, -0.1) is 0 Å². The van der Waals surface area contributed by atoms with Crippen LogP contribution in [0.15, 0.2) is 158 Å². The van der Waals surface area contributed by atoms with Gasteiger partial charge in [-0.1, -0.05) is 184 Å². The third kappa shape index (κ3) is 5.98. The van der Waals surface area contributed by atoms with Gasteiger partial charge in [0.05, 0.1) is 7.11 Å². The van der Waals surface area contributed by atoms with E-state index in [-0.39, 0.29) is 16.2 Å². The standard InChI is InChI=1S/C65H56O/c1-63(2,3)44-25-18-24-40(28-44)49-35-52-59-51(32-41-23-16-17-26-47(41)56(59)43-29-45(64(4,5)6)34-46(30-43)65(7,8)9)60-54(66-10)36-53-58-50(57(49)61(53)62(52)60)33-42-27-38-21-14-15-22-39(38)31-48(42)55(58)37-19-12-11-13-20-37/h11-36H,1-10H3. The molecule has 0 radical (unpaired) electrons. The SMILES string of the molecule is COc1cc2c3c(c(-c4cccc(C(C)(C)C)c4)cc4c3c1-c1cc3ccccc3c(-c3cc(C(C)(C)C)cc(C(C)(C)C)c3)c1-4)-c1cc3cc4ccccc4cc3c(-c3ccccc3)c1-2. The minimum absolute atomic E-state index is 0.0210. The van der Waals surface area contributed by atoms with Crippen molar-refractivity contribution in [2.45, 2.75) is 78.6 Å². The average Bonchev–Trinajstić information content (AvgIpc) is 3.80. The molecule has 0 aromatic heterocycles. The van der Waals surface area contributed by atoms with Crippen LogP contribution in [-0.4, -0.2) is 7.11 Å². The molecule has 0 amide bonds. The zero-order valence-electron chi connectivity index (χ0n) is 39.9. The molecule has 2 aliphatic rings. The van der Waals surface area contributed by atoms with E-state index in [0.717, 1.165) is 5.75 Å². The van der Waals surface area contributed by atoms with Gasteiger partial charge in [-0.3, -0.25) is 0 Å². The highest BCUT2D eigenvalue weighted by atomic mass is 16.5. The van der Waals surface area contributed by atoms with Crippen molar-refractivity contribution in [3.63, 3.8) is 0 Å². The molecular formula is C65H56O. The summed E-state index contributed by atoms with van der Waals surface area (Å²) in [5, 5.41) is 10.1. The molecule has 66 heavy (non-hydrogen) atoms. The van der Waals surface area contributed by atoms with Crippen LogP contribution in [0.1, 0.15) is 79.0 Å². The van der Waals surface area contributed by atoms with E-state index < -0.39 is 0 Å². The van der Waals surface area contributed by atoms with Crippen molar-refractivity contribution >= 4 is 43.1 Å². The van der Waals surface area contributed by atoms with Crippen molar-refractivity contribution in [1.82, 2.24) is 0 Å². The maximum atomic E-state index is 6.66. The summed E-state index contributed by atoms with van der Waals surface area (Å²) in [7, 11) is 1.86. The van der Waals surface area contributed by atoms with Gasteiger partial charge >= 0.3 is 0 Å². The van der Waals surface area contributed by atoms with Crippen LogP contribution in [0.25, 0.3) is 121 Å². The van der Waals surface area contributed by atoms with Crippen LogP contribution in [0, 0.1) is 0 Å². The lowest BCUT2D eigenvalue weighted by Crippen LogP contribution is -2.16. The molecule has 0 saturated carbocycles. The van der Waals surface area contributed by atoms with E-state index in [4.69, 9.17) is 4.74 Å². The first-order chi connectivity index (χ1) is 31.6. The molecule has 0 aliphatic heterocycles. The van der Waals surface area contributed by atoms with E-state index >= 15 is 0 Å². The normalized spacial score (nSPS) is 13.0. The minimum atomic E-state index is -0.0403. The Balaban J connectivity index is 1.29. The average molecular weight is 853 g/mol. The summed E-state index contributed by atoms with van der Waals surface area (Å²) in [5.74, 6) is 0.913. The Kier molecular flexibility index (Phi) is 8.61. The number of hydrogen-bond acceptors (Lipinski definition) is 1. The second-order valence-electron chi connectivity index (χ2n) is 22.1. The van der Waals surface area contributed by atoms with E-state index in [1.54, 1.807) is 0 Å². The molecule has 0 saturated heterocycles. The molecule has 1 nitrogen and oxygen atoms in total. The summed E-state index contributed by atoms with van der Waals surface area (Å²) in [4.78, 5) is 0. The summed E-state index contributed by atoms with van der Waals surface area (Å²) < 4.78 is 6.66. The Labute approximate surface area is 389 Å². The molecule has 0 fully saturated rings. The Morgan fingerprint density at radius 3 is 1.50 bits per heavy atom. The van der Waals surface area contributed by atoms with E-state index in [0.29, 0.717) is 0 Å². The molecule has 322 valence electrons. The highest BCUT2D eigenvalue weighted by molar-refractivity contribution is 6.34. The first-order valence-corrected chi connectivity index (χ1v) is 23.7. The fourth-order valence-corrected chi connectivity index (χ4v) is 11.3. The van der Waals surface area contributed by atoms with Crippen LogP contribution in [-0.2, 0) is 16.2 Å². The molecule has 0 heterocycles. The zero-order chi connectivity index (χ0) is 45.6. The smallest absolute Gasteiger partial charge is 0.127 e. The molecule has 0 spiro atoms. The Morgan fingerprint density at radius 1 is 0.303 bits per heavy atom. The fourth-order valence-electron chi connectivity index (χ4n) is 11.3. The highest BCUT2D eigenvalue weighted by Gasteiger charge is 2.38. The number of hydrogen-bond donors (Lipinski definition) is 0. The fraction of sp³-hybridized carbons (Fsp3) is 0.200. The number of fused-ring (bicyclic) bond motifs is 9. The van der Waals surface area contributed by atoms with Crippen molar-refractivity contribution in [3.8, 4) is 83.6 Å². The molecule has 0 N–H and O–H groups in total. The van der Waals surface area contributed by atoms with E-state index in [1.807, 2.05) is 7.11 Å². The Morgan fingerprint density at radius 2 is 0.833 bits per heavy atom. The lowest BCUT2D eigenvalue weighted by molar-refractivity contribution is 0.417. The van der Waals surface area contributed by atoms with Crippen molar-refractivity contribution < 1.29 is 4.74 Å². The number of methoxy groups -OCH3 is 1. The van der Waals surface area contributed by atoms with Crippen molar-refractivity contribution in [2.24, 2.45) is 0 Å². The molecule has 0 bridgehead atoms. The van der Waals surface area contributed by atoms with Crippen LogP contribution in [0.4, 0.5) is 0 Å². The van der Waals surface area contributed by atoms with Crippen LogP contribution in [0.5, 0.6) is 5.75 Å². The van der Waals surface area contributed by atoms with E-state index in [9.17, 15) is 0 Å². The van der Waals surface area contributed by atoms with Gasteiger partial charge in [-0.05, 0) is 179 Å². The number of benzene rings is 10. The van der Waals surface area contributed by atoms with Crippen molar-refractivity contribution in [2.75, 3.05) is 7.11 Å². The maximum Gasteiger partial charge on any atom is 0.127 e. The van der Waals surface area contributed by atoms with Crippen molar-refractivity contribution in [1.29, 1.82) is 0 Å². The Hall–Kier alpha value is -6.96. The monoisotopic (exact) mass is 852 g/mol. The van der Waals surface area contributed by atoms with Gasteiger partial charge < -0.3 is 4.74 Å². The Bertz CT molecular complexity index is 3680. The van der Waals surface area contributed by atoms with Crippen LogP contribution < -0.4 is 4.74 Å². The topological polar surface area (TPSA) is 9.23 Å². The summed E-state index contributed by atoms with van der Waals surface area (Å²) in [6.07, 6.45) is 0. The predicted octanol–water partition coefficient (Wildman–Crippen LogP) is 18.5. The summed E-state index contributed by atoms with van der Waals surface area (Å²) in [5.41, 5.74) is 21.6. The molecular weight excluding hydrogens is 797 g/mol. The molecule has 2 aliphatic carbocycles. The lowest BCUT2D eigenvalue weighted by atomic mass is 9.77. The molecule has 10 aromatic rings. The van der Waals surface area contributed by atoms with Gasteiger partial charge in [0.15, 0.2) is 0 Å². The first kappa shape index (κ1) is 40.5. The largest absolute Gasteiger partial charge is 0.496 e.